The number of guanidine groups is 1. The second-order valence-corrected chi connectivity index (χ2v) is 8.66. The molecule has 0 amide bonds. The van der Waals surface area contributed by atoms with Gasteiger partial charge < -0.3 is 10.6 Å². The maximum Gasteiger partial charge on any atom is 0.191 e. The van der Waals surface area contributed by atoms with Crippen molar-refractivity contribution in [2.75, 3.05) is 12.3 Å². The number of rotatable bonds is 7. The first-order valence-corrected chi connectivity index (χ1v) is 10.5. The molecule has 0 heterocycles. The van der Waals surface area contributed by atoms with Gasteiger partial charge in [-0.1, -0.05) is 26.7 Å². The first kappa shape index (κ1) is 21.2. The zero-order valence-electron chi connectivity index (χ0n) is 14.8. The molecule has 2 fully saturated rings. The van der Waals surface area contributed by atoms with Crippen molar-refractivity contribution in [1.82, 2.24) is 10.6 Å². The second-order valence-electron chi connectivity index (χ2n) is 6.66. The molecule has 23 heavy (non-hydrogen) atoms. The third kappa shape index (κ3) is 6.88. The number of hydrogen-bond donors (Lipinski definition) is 2. The Bertz CT molecular complexity index is 405. The minimum Gasteiger partial charge on any atom is -0.354 e. The van der Waals surface area contributed by atoms with Gasteiger partial charge in [-0.15, -0.1) is 24.0 Å². The van der Waals surface area contributed by atoms with Gasteiger partial charge in [0.1, 0.15) is 0 Å². The maximum absolute atomic E-state index is 12.1. The van der Waals surface area contributed by atoms with Crippen molar-refractivity contribution in [3.8, 4) is 0 Å². The van der Waals surface area contributed by atoms with Crippen molar-refractivity contribution >= 4 is 40.7 Å². The molecular weight excluding hydrogens is 421 g/mol. The van der Waals surface area contributed by atoms with Crippen LogP contribution in [0.4, 0.5) is 0 Å². The molecule has 0 bridgehead atoms. The molecule has 0 aromatic heterocycles. The van der Waals surface area contributed by atoms with Gasteiger partial charge in [0.15, 0.2) is 5.96 Å². The van der Waals surface area contributed by atoms with Crippen LogP contribution in [0.25, 0.3) is 0 Å². The maximum atomic E-state index is 12.1. The fourth-order valence-electron chi connectivity index (χ4n) is 3.52. The first-order chi connectivity index (χ1) is 10.7. The van der Waals surface area contributed by atoms with Crippen LogP contribution in [0.2, 0.25) is 0 Å². The fraction of sp³-hybridized carbons (Fsp3) is 0.941. The molecule has 0 aromatic carbocycles. The lowest BCUT2D eigenvalue weighted by Gasteiger charge is -2.30. The van der Waals surface area contributed by atoms with E-state index in [-0.39, 0.29) is 24.0 Å². The average molecular weight is 455 g/mol. The number of hydrogen-bond acceptors (Lipinski definition) is 2. The number of nitrogens with zero attached hydrogens (tertiary/aromatic N) is 1. The highest BCUT2D eigenvalue weighted by molar-refractivity contribution is 14.0. The molecule has 0 aromatic rings. The molecule has 136 valence electrons. The summed E-state index contributed by atoms with van der Waals surface area (Å²) in [5.41, 5.74) is 0. The van der Waals surface area contributed by atoms with E-state index in [2.05, 4.69) is 29.5 Å². The van der Waals surface area contributed by atoms with E-state index in [0.29, 0.717) is 17.3 Å². The zero-order chi connectivity index (χ0) is 15.9. The molecule has 5 unspecified atom stereocenters. The summed E-state index contributed by atoms with van der Waals surface area (Å²) in [6, 6.07) is 1.04. The molecule has 6 heteroatoms. The topological polar surface area (TPSA) is 53.5 Å². The van der Waals surface area contributed by atoms with Crippen molar-refractivity contribution in [1.29, 1.82) is 0 Å². The smallest absolute Gasteiger partial charge is 0.191 e. The van der Waals surface area contributed by atoms with Crippen molar-refractivity contribution in [2.24, 2.45) is 10.9 Å². The fourth-order valence-corrected chi connectivity index (χ4v) is 4.87. The highest BCUT2D eigenvalue weighted by atomic mass is 127. The van der Waals surface area contributed by atoms with Crippen molar-refractivity contribution < 1.29 is 4.21 Å². The molecule has 0 spiro atoms. The minimum absolute atomic E-state index is 0. The van der Waals surface area contributed by atoms with E-state index >= 15 is 0 Å². The minimum atomic E-state index is -0.660. The van der Waals surface area contributed by atoms with Gasteiger partial charge in [-0.25, -0.2) is 0 Å². The van der Waals surface area contributed by atoms with E-state index in [1.165, 1.54) is 32.1 Å². The standard InChI is InChI=1S/C17H33N3OS.HI/c1-4-8-13-11-16(13)20-17(18-5-2)19-14-9-7-10-15(12-14)22(21)6-3;/h13-16H,4-12H2,1-3H3,(H2,18,19,20);1H. The molecule has 2 saturated carbocycles. The van der Waals surface area contributed by atoms with E-state index in [9.17, 15) is 4.21 Å². The summed E-state index contributed by atoms with van der Waals surface area (Å²) in [7, 11) is -0.660. The average Bonchev–Trinajstić information content (AvgIpc) is 3.25. The van der Waals surface area contributed by atoms with Crippen LogP contribution in [0.3, 0.4) is 0 Å². The van der Waals surface area contributed by atoms with E-state index < -0.39 is 10.8 Å². The Morgan fingerprint density at radius 2 is 1.96 bits per heavy atom. The Balaban J connectivity index is 0.00000264. The van der Waals surface area contributed by atoms with Crippen LogP contribution >= 0.6 is 24.0 Å². The van der Waals surface area contributed by atoms with Crippen LogP contribution in [-0.2, 0) is 10.8 Å². The molecule has 0 radical (unpaired) electrons. The highest BCUT2D eigenvalue weighted by Gasteiger charge is 2.37. The quantitative estimate of drug-likeness (QED) is 0.352. The zero-order valence-corrected chi connectivity index (χ0v) is 18.0. The predicted octanol–water partition coefficient (Wildman–Crippen LogP) is 3.43. The number of aliphatic imine (C=N–C) groups is 1. The highest BCUT2D eigenvalue weighted by Crippen LogP contribution is 2.34. The normalized spacial score (nSPS) is 31.9. The van der Waals surface area contributed by atoms with Gasteiger partial charge in [-0.2, -0.15) is 0 Å². The largest absolute Gasteiger partial charge is 0.354 e. The Kier molecular flexibility index (Phi) is 10.0. The summed E-state index contributed by atoms with van der Waals surface area (Å²) in [5.74, 6) is 2.59. The molecule has 0 aliphatic heterocycles. The summed E-state index contributed by atoms with van der Waals surface area (Å²) in [4.78, 5) is 4.60. The summed E-state index contributed by atoms with van der Waals surface area (Å²) in [5, 5.41) is 7.57. The third-order valence-electron chi connectivity index (χ3n) is 4.84. The van der Waals surface area contributed by atoms with Gasteiger partial charge >= 0.3 is 0 Å². The van der Waals surface area contributed by atoms with Crippen LogP contribution in [0, 0.1) is 5.92 Å². The van der Waals surface area contributed by atoms with Gasteiger partial charge in [0.2, 0.25) is 0 Å². The molecule has 2 aliphatic carbocycles. The van der Waals surface area contributed by atoms with E-state index in [1.54, 1.807) is 0 Å². The van der Waals surface area contributed by atoms with Crippen LogP contribution in [-0.4, -0.2) is 39.8 Å². The Hall–Kier alpha value is 0.150. The van der Waals surface area contributed by atoms with Gasteiger partial charge in [-0.3, -0.25) is 9.20 Å². The second kappa shape index (κ2) is 10.9. The molecular formula is C17H34IN3OS. The molecule has 4 nitrogen and oxygen atoms in total. The van der Waals surface area contributed by atoms with Crippen LogP contribution in [0.1, 0.15) is 65.7 Å². The summed E-state index contributed by atoms with van der Waals surface area (Å²) in [6.07, 6.45) is 8.36. The van der Waals surface area contributed by atoms with Crippen LogP contribution in [0.5, 0.6) is 0 Å². The summed E-state index contributed by atoms with van der Waals surface area (Å²) < 4.78 is 12.1. The lowest BCUT2D eigenvalue weighted by atomic mass is 9.95. The van der Waals surface area contributed by atoms with Crippen LogP contribution in [0.15, 0.2) is 4.99 Å². The number of halogens is 1. The first-order valence-electron chi connectivity index (χ1n) is 9.12. The van der Waals surface area contributed by atoms with E-state index in [4.69, 9.17) is 0 Å². The summed E-state index contributed by atoms with van der Waals surface area (Å²) >= 11 is 0. The van der Waals surface area contributed by atoms with Gasteiger partial charge in [0.25, 0.3) is 0 Å². The molecule has 2 N–H and O–H groups in total. The van der Waals surface area contributed by atoms with Gasteiger partial charge in [-0.05, 0) is 44.9 Å². The van der Waals surface area contributed by atoms with Crippen molar-refractivity contribution in [3.63, 3.8) is 0 Å². The lowest BCUT2D eigenvalue weighted by molar-refractivity contribution is 0.413. The van der Waals surface area contributed by atoms with Crippen molar-refractivity contribution in [3.05, 3.63) is 0 Å². The summed E-state index contributed by atoms with van der Waals surface area (Å²) in [6.45, 7) is 7.16. The molecule has 2 aliphatic rings. The van der Waals surface area contributed by atoms with E-state index in [1.807, 2.05) is 6.92 Å². The Morgan fingerprint density at radius 3 is 2.61 bits per heavy atom. The Labute approximate surface area is 161 Å². The Morgan fingerprint density at radius 1 is 1.17 bits per heavy atom. The third-order valence-corrected chi connectivity index (χ3v) is 6.58. The molecule has 2 rings (SSSR count). The molecule has 0 saturated heterocycles. The van der Waals surface area contributed by atoms with Crippen molar-refractivity contribution in [2.45, 2.75) is 83.1 Å². The SMILES string of the molecule is CCCC1CC1NC(=NCC)NC1CCCC(S(=O)CC)C1.I. The number of nitrogens with one attached hydrogen (secondary N) is 2. The van der Waals surface area contributed by atoms with E-state index in [0.717, 1.165) is 37.0 Å². The predicted molar refractivity (Wildman–Crippen MR) is 111 cm³/mol. The van der Waals surface area contributed by atoms with Crippen LogP contribution < -0.4 is 10.6 Å². The lowest BCUT2D eigenvalue weighted by Crippen LogP contribution is -2.47. The van der Waals surface area contributed by atoms with Gasteiger partial charge in [0, 0.05) is 40.4 Å². The monoisotopic (exact) mass is 455 g/mol. The van der Waals surface area contributed by atoms with Gasteiger partial charge in [0.05, 0.1) is 0 Å². The molecule has 5 atom stereocenters.